The molecule has 0 radical (unpaired) electrons. The number of halogens is 1. The number of benzene rings is 1. The minimum absolute atomic E-state index is 0.0971. The van der Waals surface area contributed by atoms with Crippen molar-refractivity contribution in [2.75, 3.05) is 7.11 Å². The van der Waals surface area contributed by atoms with Gasteiger partial charge in [0.25, 0.3) is 0 Å². The van der Waals surface area contributed by atoms with Crippen LogP contribution in [0.3, 0.4) is 0 Å². The number of methoxy groups -OCH3 is 1. The van der Waals surface area contributed by atoms with Crippen LogP contribution in [-0.2, 0) is 0 Å². The van der Waals surface area contributed by atoms with E-state index >= 15 is 0 Å². The van der Waals surface area contributed by atoms with E-state index in [1.807, 2.05) is 18.2 Å². The van der Waals surface area contributed by atoms with Crippen molar-refractivity contribution in [1.29, 1.82) is 0 Å². The van der Waals surface area contributed by atoms with E-state index in [0.717, 1.165) is 10.9 Å². The molecule has 2 aromatic heterocycles. The van der Waals surface area contributed by atoms with Crippen LogP contribution in [0, 0.1) is 0 Å². The molecular formula is C14H10BrNO3. The van der Waals surface area contributed by atoms with Gasteiger partial charge in [-0.3, -0.25) is 4.79 Å². The predicted molar refractivity (Wildman–Crippen MR) is 74.7 cm³/mol. The normalized spacial score (nSPS) is 10.8. The van der Waals surface area contributed by atoms with Crippen LogP contribution in [0.5, 0.6) is 5.75 Å². The third-order valence-corrected chi connectivity index (χ3v) is 3.61. The van der Waals surface area contributed by atoms with Crippen molar-refractivity contribution < 1.29 is 13.9 Å². The molecule has 5 heteroatoms. The first kappa shape index (κ1) is 12.0. The Morgan fingerprint density at radius 2 is 2.16 bits per heavy atom. The van der Waals surface area contributed by atoms with Gasteiger partial charge in [-0.1, -0.05) is 0 Å². The van der Waals surface area contributed by atoms with Crippen LogP contribution in [0.2, 0.25) is 0 Å². The van der Waals surface area contributed by atoms with Gasteiger partial charge >= 0.3 is 0 Å². The smallest absolute Gasteiger partial charge is 0.199 e. The fourth-order valence-corrected chi connectivity index (χ4v) is 2.44. The minimum atomic E-state index is -0.0971. The van der Waals surface area contributed by atoms with Crippen LogP contribution in [0.4, 0.5) is 0 Å². The van der Waals surface area contributed by atoms with Gasteiger partial charge in [0.1, 0.15) is 5.75 Å². The molecule has 2 heterocycles. The highest BCUT2D eigenvalue weighted by Crippen LogP contribution is 2.28. The van der Waals surface area contributed by atoms with Crippen molar-refractivity contribution in [3.63, 3.8) is 0 Å². The summed E-state index contributed by atoms with van der Waals surface area (Å²) in [7, 11) is 1.60. The van der Waals surface area contributed by atoms with Gasteiger partial charge < -0.3 is 14.1 Å². The molecule has 96 valence electrons. The van der Waals surface area contributed by atoms with Gasteiger partial charge in [-0.2, -0.15) is 0 Å². The van der Waals surface area contributed by atoms with Crippen molar-refractivity contribution in [3.05, 3.63) is 52.5 Å². The molecule has 0 fully saturated rings. The Bertz CT molecular complexity index is 757. The molecule has 0 aliphatic carbocycles. The number of aromatic amines is 1. The second-order valence-electron chi connectivity index (χ2n) is 4.05. The molecule has 0 aliphatic heterocycles. The number of hydrogen-bond donors (Lipinski definition) is 1. The van der Waals surface area contributed by atoms with Crippen molar-refractivity contribution in [1.82, 2.24) is 4.98 Å². The van der Waals surface area contributed by atoms with Gasteiger partial charge in [-0.25, -0.2) is 0 Å². The summed E-state index contributed by atoms with van der Waals surface area (Å²) in [4.78, 5) is 15.5. The van der Waals surface area contributed by atoms with Crippen molar-refractivity contribution in [3.8, 4) is 5.75 Å². The van der Waals surface area contributed by atoms with Crippen molar-refractivity contribution in [2.24, 2.45) is 0 Å². The monoisotopic (exact) mass is 319 g/mol. The molecule has 3 aromatic rings. The van der Waals surface area contributed by atoms with E-state index in [1.54, 1.807) is 19.4 Å². The minimum Gasteiger partial charge on any atom is -0.497 e. The molecule has 0 aliphatic rings. The zero-order chi connectivity index (χ0) is 13.4. The van der Waals surface area contributed by atoms with Crippen molar-refractivity contribution in [2.45, 2.75) is 0 Å². The standard InChI is InChI=1S/C14H10BrNO3/c1-18-8-2-3-12-10(6-8)11(7-16-12)13(17)9-4-5-19-14(9)15/h2-7,16H,1H3. The highest BCUT2D eigenvalue weighted by atomic mass is 79.9. The molecule has 3 rings (SSSR count). The van der Waals surface area contributed by atoms with E-state index < -0.39 is 0 Å². The number of rotatable bonds is 3. The molecule has 4 nitrogen and oxygen atoms in total. The van der Waals surface area contributed by atoms with E-state index in [9.17, 15) is 4.79 Å². The van der Waals surface area contributed by atoms with Crippen LogP contribution in [0.1, 0.15) is 15.9 Å². The van der Waals surface area contributed by atoms with Crippen LogP contribution in [0.25, 0.3) is 10.9 Å². The van der Waals surface area contributed by atoms with Crippen LogP contribution < -0.4 is 4.74 Å². The molecule has 1 aromatic carbocycles. The molecule has 0 spiro atoms. The van der Waals surface area contributed by atoms with Gasteiger partial charge in [0.15, 0.2) is 10.5 Å². The number of carbonyl (C=O) groups excluding carboxylic acids is 1. The van der Waals surface area contributed by atoms with E-state index in [2.05, 4.69) is 20.9 Å². The first-order valence-corrected chi connectivity index (χ1v) is 6.43. The average Bonchev–Trinajstić information content (AvgIpc) is 3.03. The molecule has 19 heavy (non-hydrogen) atoms. The van der Waals surface area contributed by atoms with Gasteiger partial charge in [-0.05, 0) is 40.2 Å². The first-order valence-electron chi connectivity index (χ1n) is 5.63. The lowest BCUT2D eigenvalue weighted by Gasteiger charge is -2.01. The number of hydrogen-bond acceptors (Lipinski definition) is 3. The molecule has 0 saturated carbocycles. The van der Waals surface area contributed by atoms with Gasteiger partial charge in [0.2, 0.25) is 0 Å². The lowest BCUT2D eigenvalue weighted by Crippen LogP contribution is -1.99. The van der Waals surface area contributed by atoms with Crippen LogP contribution in [0.15, 0.2) is 45.8 Å². The summed E-state index contributed by atoms with van der Waals surface area (Å²) in [5, 5.41) is 0.831. The molecule has 1 N–H and O–H groups in total. The maximum absolute atomic E-state index is 12.5. The lowest BCUT2D eigenvalue weighted by molar-refractivity contribution is 0.103. The Labute approximate surface area is 117 Å². The van der Waals surface area contributed by atoms with E-state index in [4.69, 9.17) is 9.15 Å². The predicted octanol–water partition coefficient (Wildman–Crippen LogP) is 3.76. The Morgan fingerprint density at radius 1 is 1.32 bits per heavy atom. The summed E-state index contributed by atoms with van der Waals surface area (Å²) in [6, 6.07) is 7.22. The number of furan rings is 1. The Kier molecular flexibility index (Phi) is 2.91. The zero-order valence-corrected chi connectivity index (χ0v) is 11.7. The second-order valence-corrected chi connectivity index (χ2v) is 4.77. The summed E-state index contributed by atoms with van der Waals surface area (Å²) in [5.41, 5.74) is 1.99. The second kappa shape index (κ2) is 4.59. The maximum Gasteiger partial charge on any atom is 0.199 e. The molecule has 0 amide bonds. The lowest BCUT2D eigenvalue weighted by atomic mass is 10.1. The Hall–Kier alpha value is -2.01. The van der Waals surface area contributed by atoms with Crippen molar-refractivity contribution >= 4 is 32.6 Å². The number of ketones is 1. The number of aromatic nitrogens is 1. The maximum atomic E-state index is 12.5. The van der Waals surface area contributed by atoms with E-state index in [0.29, 0.717) is 21.5 Å². The number of carbonyl (C=O) groups is 1. The average molecular weight is 320 g/mol. The van der Waals surface area contributed by atoms with Gasteiger partial charge in [0.05, 0.1) is 18.9 Å². The molecule has 0 atom stereocenters. The third kappa shape index (κ3) is 1.96. The summed E-state index contributed by atoms with van der Waals surface area (Å²) in [6.07, 6.45) is 3.18. The SMILES string of the molecule is COc1ccc2[nH]cc(C(=O)c3ccoc3Br)c2c1. The number of fused-ring (bicyclic) bond motifs is 1. The largest absolute Gasteiger partial charge is 0.497 e. The van der Waals surface area contributed by atoms with E-state index in [-0.39, 0.29) is 5.78 Å². The van der Waals surface area contributed by atoms with Gasteiger partial charge in [0, 0.05) is 22.7 Å². The van der Waals surface area contributed by atoms with Gasteiger partial charge in [-0.15, -0.1) is 0 Å². The topological polar surface area (TPSA) is 55.2 Å². The molecule has 0 bridgehead atoms. The Morgan fingerprint density at radius 3 is 2.84 bits per heavy atom. The summed E-state index contributed by atoms with van der Waals surface area (Å²) in [5.74, 6) is 0.618. The fraction of sp³-hybridized carbons (Fsp3) is 0.0714. The number of ether oxygens (including phenoxy) is 1. The highest BCUT2D eigenvalue weighted by Gasteiger charge is 2.18. The molecular weight excluding hydrogens is 310 g/mol. The Balaban J connectivity index is 2.15. The molecule has 0 unspecified atom stereocenters. The third-order valence-electron chi connectivity index (χ3n) is 3.00. The molecule has 0 saturated heterocycles. The number of H-pyrrole nitrogens is 1. The van der Waals surface area contributed by atoms with E-state index in [1.165, 1.54) is 6.26 Å². The van der Waals surface area contributed by atoms with Crippen LogP contribution in [-0.4, -0.2) is 17.9 Å². The summed E-state index contributed by atoms with van der Waals surface area (Å²) < 4.78 is 10.7. The van der Waals surface area contributed by atoms with Crippen LogP contribution >= 0.6 is 15.9 Å². The first-order chi connectivity index (χ1) is 9.20. The fourth-order valence-electron chi connectivity index (χ4n) is 2.02. The highest BCUT2D eigenvalue weighted by molar-refractivity contribution is 9.10. The quantitative estimate of drug-likeness (QED) is 0.748. The summed E-state index contributed by atoms with van der Waals surface area (Å²) in [6.45, 7) is 0. The number of nitrogens with one attached hydrogen (secondary N) is 1. The zero-order valence-electron chi connectivity index (χ0n) is 10.1. The summed E-state index contributed by atoms with van der Waals surface area (Å²) >= 11 is 3.22.